The van der Waals surface area contributed by atoms with Gasteiger partial charge in [-0.1, -0.05) is 6.92 Å². The van der Waals surface area contributed by atoms with Gasteiger partial charge in [-0.25, -0.2) is 8.42 Å². The first-order valence-corrected chi connectivity index (χ1v) is 8.13. The zero-order valence-electron chi connectivity index (χ0n) is 11.3. The Hall–Kier alpha value is -0.620. The van der Waals surface area contributed by atoms with Gasteiger partial charge in [0.25, 0.3) is 0 Å². The fourth-order valence-corrected chi connectivity index (χ4v) is 3.34. The van der Waals surface area contributed by atoms with Gasteiger partial charge in [-0.15, -0.1) is 0 Å². The zero-order chi connectivity index (χ0) is 13.9. The summed E-state index contributed by atoms with van der Waals surface area (Å²) < 4.78 is 23.8. The summed E-state index contributed by atoms with van der Waals surface area (Å²) in [4.78, 5) is 13.5. The fourth-order valence-electron chi connectivity index (χ4n) is 1.95. The second kappa shape index (κ2) is 6.02. The Balaban J connectivity index is 2.59. The molecule has 0 saturated carbocycles. The summed E-state index contributed by atoms with van der Waals surface area (Å²) in [6, 6.07) is 0. The van der Waals surface area contributed by atoms with E-state index in [-0.39, 0.29) is 5.91 Å². The van der Waals surface area contributed by atoms with Crippen LogP contribution in [0, 0.1) is 5.92 Å². The molecule has 106 valence electrons. The first kappa shape index (κ1) is 15.4. The molecule has 1 N–H and O–H groups in total. The number of aliphatic hydroxyl groups excluding tert-OH is 1. The van der Waals surface area contributed by atoms with E-state index in [2.05, 4.69) is 6.92 Å². The van der Waals surface area contributed by atoms with Gasteiger partial charge >= 0.3 is 0 Å². The first-order valence-electron chi connectivity index (χ1n) is 6.41. The average molecular weight is 277 g/mol. The number of carbonyl (C=O) groups is 1. The minimum atomic E-state index is -3.56. The molecular weight excluding hydrogens is 254 g/mol. The predicted octanol–water partition coefficient (Wildman–Crippen LogP) is 0.429. The van der Waals surface area contributed by atoms with E-state index < -0.39 is 26.9 Å². The van der Waals surface area contributed by atoms with Gasteiger partial charge < -0.3 is 10.0 Å². The van der Waals surface area contributed by atoms with Crippen molar-refractivity contribution in [1.82, 2.24) is 4.90 Å². The van der Waals surface area contributed by atoms with Crippen molar-refractivity contribution in [2.45, 2.75) is 45.0 Å². The number of sulfone groups is 1. The quantitative estimate of drug-likeness (QED) is 0.808. The lowest BCUT2D eigenvalue weighted by molar-refractivity contribution is -0.129. The third kappa shape index (κ3) is 3.95. The normalized spacial score (nSPS) is 21.7. The van der Waals surface area contributed by atoms with Gasteiger partial charge in [0.15, 0.2) is 9.84 Å². The second-order valence-corrected chi connectivity index (χ2v) is 7.67. The minimum absolute atomic E-state index is 0.339. The molecule has 0 aromatic rings. The van der Waals surface area contributed by atoms with Crippen molar-refractivity contribution >= 4 is 15.7 Å². The van der Waals surface area contributed by atoms with E-state index in [0.717, 1.165) is 12.8 Å². The lowest BCUT2D eigenvalue weighted by Gasteiger charge is -2.30. The molecule has 1 aliphatic heterocycles. The summed E-state index contributed by atoms with van der Waals surface area (Å²) in [5, 5.41) is 8.41. The Kier molecular flexibility index (Phi) is 5.16. The highest BCUT2D eigenvalue weighted by Gasteiger charge is 2.30. The maximum atomic E-state index is 11.9. The summed E-state index contributed by atoms with van der Waals surface area (Å²) in [7, 11) is -3.56. The van der Waals surface area contributed by atoms with E-state index in [1.165, 1.54) is 13.8 Å². The van der Waals surface area contributed by atoms with Gasteiger partial charge in [0.05, 0.1) is 11.4 Å². The third-order valence-corrected chi connectivity index (χ3v) is 5.88. The maximum Gasteiger partial charge on any atom is 0.237 e. The summed E-state index contributed by atoms with van der Waals surface area (Å²) in [6.07, 6.45) is 0.902. The van der Waals surface area contributed by atoms with Crippen LogP contribution in [0.15, 0.2) is 0 Å². The molecule has 0 bridgehead atoms. The van der Waals surface area contributed by atoms with Crippen LogP contribution < -0.4 is 0 Å². The molecule has 1 rings (SSSR count). The Morgan fingerprint density at radius 1 is 1.33 bits per heavy atom. The van der Waals surface area contributed by atoms with Crippen LogP contribution in [0.5, 0.6) is 0 Å². The molecule has 0 radical (unpaired) electrons. The molecule has 1 amide bonds. The molecule has 6 heteroatoms. The standard InChI is InChI=1S/C12H23NO4S/c1-9-4-6-13(7-5-9)12(15)8-18(16,17)11(3)10(2)14/h9-11,14H,4-8H2,1-3H3. The molecule has 1 fully saturated rings. The fraction of sp³-hybridized carbons (Fsp3) is 0.917. The number of hydrogen-bond donors (Lipinski definition) is 1. The van der Waals surface area contributed by atoms with Gasteiger partial charge in [-0.2, -0.15) is 0 Å². The molecule has 0 aromatic heterocycles. The number of hydrogen-bond acceptors (Lipinski definition) is 4. The number of nitrogens with zero attached hydrogens (tertiary/aromatic N) is 1. The van der Waals surface area contributed by atoms with E-state index in [4.69, 9.17) is 0 Å². The number of rotatable bonds is 4. The number of likely N-dealkylation sites (tertiary alicyclic amines) is 1. The van der Waals surface area contributed by atoms with Gasteiger partial charge in [0, 0.05) is 13.1 Å². The molecule has 0 aliphatic carbocycles. The lowest BCUT2D eigenvalue weighted by Crippen LogP contribution is -2.43. The molecule has 1 saturated heterocycles. The number of amides is 1. The van der Waals surface area contributed by atoms with Crippen LogP contribution in [0.1, 0.15) is 33.6 Å². The van der Waals surface area contributed by atoms with E-state index in [9.17, 15) is 18.3 Å². The average Bonchev–Trinajstić information content (AvgIpc) is 2.28. The number of piperidine rings is 1. The molecule has 1 aliphatic rings. The Morgan fingerprint density at radius 2 is 1.83 bits per heavy atom. The highest BCUT2D eigenvalue weighted by Crippen LogP contribution is 2.17. The Bertz CT molecular complexity index is 383. The third-order valence-electron chi connectivity index (χ3n) is 3.71. The van der Waals surface area contributed by atoms with Crippen molar-refractivity contribution in [3.8, 4) is 0 Å². The van der Waals surface area contributed by atoms with E-state index >= 15 is 0 Å². The van der Waals surface area contributed by atoms with Crippen LogP contribution in [0.3, 0.4) is 0 Å². The van der Waals surface area contributed by atoms with Gasteiger partial charge in [0.1, 0.15) is 5.75 Å². The highest BCUT2D eigenvalue weighted by atomic mass is 32.2. The van der Waals surface area contributed by atoms with Gasteiger partial charge in [-0.05, 0) is 32.6 Å². The Morgan fingerprint density at radius 3 is 2.28 bits per heavy atom. The summed E-state index contributed by atoms with van der Waals surface area (Å²) in [6.45, 7) is 6.27. The Labute approximate surface area is 109 Å². The first-order chi connectivity index (χ1) is 8.24. The molecular formula is C12H23NO4S. The topological polar surface area (TPSA) is 74.7 Å². The largest absolute Gasteiger partial charge is 0.392 e. The molecule has 5 nitrogen and oxygen atoms in total. The van der Waals surface area contributed by atoms with Crippen molar-refractivity contribution in [1.29, 1.82) is 0 Å². The van der Waals surface area contributed by atoms with Gasteiger partial charge in [-0.3, -0.25) is 4.79 Å². The zero-order valence-corrected chi connectivity index (χ0v) is 12.1. The molecule has 2 atom stereocenters. The van der Waals surface area contributed by atoms with Crippen LogP contribution >= 0.6 is 0 Å². The smallest absolute Gasteiger partial charge is 0.237 e. The summed E-state index contributed by atoms with van der Waals surface area (Å²) in [5.74, 6) is -0.232. The van der Waals surface area contributed by atoms with Crippen molar-refractivity contribution < 1.29 is 18.3 Å². The van der Waals surface area contributed by atoms with Crippen molar-refractivity contribution in [2.24, 2.45) is 5.92 Å². The number of aliphatic hydroxyl groups is 1. The molecule has 18 heavy (non-hydrogen) atoms. The summed E-state index contributed by atoms with van der Waals surface area (Å²) in [5.41, 5.74) is 0. The van der Waals surface area contributed by atoms with Crippen molar-refractivity contribution in [2.75, 3.05) is 18.8 Å². The minimum Gasteiger partial charge on any atom is -0.392 e. The lowest BCUT2D eigenvalue weighted by atomic mass is 9.99. The van der Waals surface area contributed by atoms with Crippen molar-refractivity contribution in [3.63, 3.8) is 0 Å². The van der Waals surface area contributed by atoms with Crippen LogP contribution in [-0.2, 0) is 14.6 Å². The second-order valence-electron chi connectivity index (χ2n) is 5.32. The van der Waals surface area contributed by atoms with Gasteiger partial charge in [0.2, 0.25) is 5.91 Å². The van der Waals surface area contributed by atoms with Crippen LogP contribution in [-0.4, -0.2) is 54.5 Å². The molecule has 2 unspecified atom stereocenters. The molecule has 1 heterocycles. The monoisotopic (exact) mass is 277 g/mol. The van der Waals surface area contributed by atoms with Crippen LogP contribution in [0.2, 0.25) is 0 Å². The van der Waals surface area contributed by atoms with E-state index in [1.54, 1.807) is 4.90 Å². The number of carbonyl (C=O) groups excluding carboxylic acids is 1. The van der Waals surface area contributed by atoms with Crippen LogP contribution in [0.4, 0.5) is 0 Å². The highest BCUT2D eigenvalue weighted by molar-refractivity contribution is 7.92. The maximum absolute atomic E-state index is 11.9. The van der Waals surface area contributed by atoms with Crippen molar-refractivity contribution in [3.05, 3.63) is 0 Å². The summed E-state index contributed by atoms with van der Waals surface area (Å²) >= 11 is 0. The molecule has 0 spiro atoms. The van der Waals surface area contributed by atoms with E-state index in [1.807, 2.05) is 0 Å². The predicted molar refractivity (Wildman–Crippen MR) is 69.9 cm³/mol. The van der Waals surface area contributed by atoms with Crippen LogP contribution in [0.25, 0.3) is 0 Å². The van der Waals surface area contributed by atoms with E-state index in [0.29, 0.717) is 19.0 Å². The molecule has 0 aromatic carbocycles. The SMILES string of the molecule is CC1CCN(C(=O)CS(=O)(=O)C(C)C(C)O)CC1.